The second-order valence-corrected chi connectivity index (χ2v) is 9.69. The molecule has 0 aromatic rings. The average molecular weight is 313 g/mol. The molecule has 0 bridgehead atoms. The van der Waals surface area contributed by atoms with Crippen molar-refractivity contribution < 1.29 is 0 Å². The van der Waals surface area contributed by atoms with Gasteiger partial charge in [-0.25, -0.2) is 0 Å². The van der Waals surface area contributed by atoms with Crippen LogP contribution in [0.3, 0.4) is 0 Å². The van der Waals surface area contributed by atoms with E-state index in [9.17, 15) is 0 Å². The molecule has 0 aromatic carbocycles. The van der Waals surface area contributed by atoms with Gasteiger partial charge in [0, 0.05) is 0 Å². The molecule has 7 atom stereocenters. The number of hydrogen-bond acceptors (Lipinski definition) is 0. The lowest BCUT2D eigenvalue weighted by molar-refractivity contribution is -0.0524. The Bertz CT molecular complexity index is 514. The maximum absolute atomic E-state index is 4.05. The molecule has 4 rings (SSSR count). The molecule has 0 amide bonds. The molecule has 128 valence electrons. The highest BCUT2D eigenvalue weighted by Crippen LogP contribution is 2.67. The van der Waals surface area contributed by atoms with Crippen molar-refractivity contribution >= 4 is 0 Å². The standard InChI is InChI=1S/C23H36/c1-5-16-11-13-23(4)18(15-16)7-9-19-20-10-8-17(6-2)22(20,3)14-12-21(19)23/h5,15-17,19-21H,1,6-14H2,2-4H3/t16-,17-,19?,20?,21?,22+,23?/m0/s1. The van der Waals surface area contributed by atoms with E-state index in [2.05, 4.69) is 39.5 Å². The summed E-state index contributed by atoms with van der Waals surface area (Å²) in [4.78, 5) is 0. The number of hydrogen-bond donors (Lipinski definition) is 0. The third-order valence-electron chi connectivity index (χ3n) is 9.14. The number of rotatable bonds is 2. The molecule has 4 aliphatic carbocycles. The van der Waals surface area contributed by atoms with Crippen LogP contribution < -0.4 is 0 Å². The molecular weight excluding hydrogens is 276 g/mol. The Kier molecular flexibility index (Phi) is 3.82. The lowest BCUT2D eigenvalue weighted by atomic mass is 9.46. The molecule has 0 saturated heterocycles. The molecule has 0 N–H and O–H groups in total. The van der Waals surface area contributed by atoms with Crippen molar-refractivity contribution in [2.24, 2.45) is 40.4 Å². The van der Waals surface area contributed by atoms with Crippen LogP contribution in [0.5, 0.6) is 0 Å². The van der Waals surface area contributed by atoms with Gasteiger partial charge in [-0.2, -0.15) is 0 Å². The molecule has 0 radical (unpaired) electrons. The SMILES string of the molecule is C=C[C@@H]1C=C2CCC3C(CC[C@@]4(C)C3CC[C@@H]4CC)C2(C)CC1. The molecule has 4 unspecified atom stereocenters. The van der Waals surface area contributed by atoms with E-state index in [0.717, 1.165) is 23.7 Å². The van der Waals surface area contributed by atoms with E-state index in [-0.39, 0.29) is 0 Å². The second kappa shape index (κ2) is 5.50. The summed E-state index contributed by atoms with van der Waals surface area (Å²) in [6.45, 7) is 11.8. The van der Waals surface area contributed by atoms with Crippen LogP contribution in [0, 0.1) is 40.4 Å². The van der Waals surface area contributed by atoms with Crippen LogP contribution in [-0.4, -0.2) is 0 Å². The van der Waals surface area contributed by atoms with Crippen molar-refractivity contribution in [3.63, 3.8) is 0 Å². The van der Waals surface area contributed by atoms with Gasteiger partial charge >= 0.3 is 0 Å². The highest BCUT2D eigenvalue weighted by Gasteiger charge is 2.58. The molecular formula is C23H36. The zero-order valence-corrected chi connectivity index (χ0v) is 15.6. The van der Waals surface area contributed by atoms with E-state index in [1.807, 2.05) is 5.57 Å². The van der Waals surface area contributed by atoms with Crippen molar-refractivity contribution in [3.05, 3.63) is 24.3 Å². The van der Waals surface area contributed by atoms with Crippen LogP contribution in [0.4, 0.5) is 0 Å². The molecule has 0 heterocycles. The molecule has 0 aliphatic heterocycles. The van der Waals surface area contributed by atoms with E-state index in [1.54, 1.807) is 0 Å². The first-order valence-electron chi connectivity index (χ1n) is 10.4. The third-order valence-corrected chi connectivity index (χ3v) is 9.14. The zero-order chi connectivity index (χ0) is 16.2. The Morgan fingerprint density at radius 1 is 1.09 bits per heavy atom. The van der Waals surface area contributed by atoms with E-state index in [1.165, 1.54) is 57.8 Å². The average Bonchev–Trinajstić information content (AvgIpc) is 2.90. The van der Waals surface area contributed by atoms with Crippen molar-refractivity contribution in [3.8, 4) is 0 Å². The molecule has 0 heteroatoms. The Balaban J connectivity index is 1.64. The van der Waals surface area contributed by atoms with Crippen LogP contribution in [0.1, 0.15) is 78.6 Å². The summed E-state index contributed by atoms with van der Waals surface area (Å²) in [5, 5.41) is 0. The molecule has 4 aliphatic rings. The molecule has 0 aromatic heterocycles. The van der Waals surface area contributed by atoms with Gasteiger partial charge in [0.1, 0.15) is 0 Å². The predicted molar refractivity (Wildman–Crippen MR) is 99.2 cm³/mol. The first-order chi connectivity index (χ1) is 11.0. The van der Waals surface area contributed by atoms with E-state index >= 15 is 0 Å². The van der Waals surface area contributed by atoms with Gasteiger partial charge < -0.3 is 0 Å². The third kappa shape index (κ3) is 2.16. The predicted octanol–water partition coefficient (Wildman–Crippen LogP) is 6.78. The Labute approximate surface area is 143 Å². The Morgan fingerprint density at radius 2 is 1.91 bits per heavy atom. The largest absolute Gasteiger partial charge is 0.102 e. The smallest absolute Gasteiger partial charge is 0.00530 e. The summed E-state index contributed by atoms with van der Waals surface area (Å²) in [6, 6.07) is 0. The summed E-state index contributed by atoms with van der Waals surface area (Å²) >= 11 is 0. The summed E-state index contributed by atoms with van der Waals surface area (Å²) in [7, 11) is 0. The first-order valence-corrected chi connectivity index (χ1v) is 10.4. The van der Waals surface area contributed by atoms with Gasteiger partial charge in [-0.3, -0.25) is 0 Å². The molecule has 23 heavy (non-hydrogen) atoms. The fraction of sp³-hybridized carbons (Fsp3) is 0.826. The second-order valence-electron chi connectivity index (χ2n) is 9.69. The maximum Gasteiger partial charge on any atom is -0.00530 e. The quantitative estimate of drug-likeness (QED) is 0.493. The maximum atomic E-state index is 4.05. The Morgan fingerprint density at radius 3 is 2.65 bits per heavy atom. The molecule has 0 spiro atoms. The van der Waals surface area contributed by atoms with Crippen LogP contribution in [-0.2, 0) is 0 Å². The minimum absolute atomic E-state index is 0.522. The monoisotopic (exact) mass is 312 g/mol. The summed E-state index contributed by atoms with van der Waals surface area (Å²) in [5.74, 6) is 4.69. The van der Waals surface area contributed by atoms with Crippen molar-refractivity contribution in [2.45, 2.75) is 78.6 Å². The molecule has 3 saturated carbocycles. The topological polar surface area (TPSA) is 0 Å². The van der Waals surface area contributed by atoms with E-state index < -0.39 is 0 Å². The van der Waals surface area contributed by atoms with E-state index in [4.69, 9.17) is 0 Å². The lowest BCUT2D eigenvalue weighted by Crippen LogP contribution is -2.50. The van der Waals surface area contributed by atoms with Crippen LogP contribution in [0.25, 0.3) is 0 Å². The number of allylic oxidation sites excluding steroid dienone is 3. The highest BCUT2D eigenvalue weighted by atomic mass is 14.6. The van der Waals surface area contributed by atoms with Crippen molar-refractivity contribution in [1.82, 2.24) is 0 Å². The van der Waals surface area contributed by atoms with Gasteiger partial charge in [-0.1, -0.05) is 44.9 Å². The fourth-order valence-electron chi connectivity index (χ4n) is 7.72. The zero-order valence-electron chi connectivity index (χ0n) is 15.6. The minimum Gasteiger partial charge on any atom is -0.102 e. The fourth-order valence-corrected chi connectivity index (χ4v) is 7.72. The summed E-state index contributed by atoms with van der Waals surface area (Å²) in [6.07, 6.45) is 17.9. The van der Waals surface area contributed by atoms with Gasteiger partial charge in [0.15, 0.2) is 0 Å². The van der Waals surface area contributed by atoms with Gasteiger partial charge in [-0.15, -0.1) is 6.58 Å². The van der Waals surface area contributed by atoms with Gasteiger partial charge in [-0.05, 0) is 91.8 Å². The van der Waals surface area contributed by atoms with Gasteiger partial charge in [0.2, 0.25) is 0 Å². The number of fused-ring (bicyclic) bond motifs is 5. The highest BCUT2D eigenvalue weighted by molar-refractivity contribution is 5.26. The molecule has 3 fully saturated rings. The first kappa shape index (κ1) is 16.0. The van der Waals surface area contributed by atoms with Gasteiger partial charge in [0.05, 0.1) is 0 Å². The van der Waals surface area contributed by atoms with E-state index in [0.29, 0.717) is 16.7 Å². The molecule has 0 nitrogen and oxygen atoms in total. The summed E-state index contributed by atoms with van der Waals surface area (Å²) < 4.78 is 0. The lowest BCUT2D eigenvalue weighted by Gasteiger charge is -2.58. The summed E-state index contributed by atoms with van der Waals surface area (Å²) in [5.41, 5.74) is 3.00. The Hall–Kier alpha value is -0.520. The van der Waals surface area contributed by atoms with Crippen LogP contribution in [0.2, 0.25) is 0 Å². The minimum atomic E-state index is 0.522. The van der Waals surface area contributed by atoms with Gasteiger partial charge in [0.25, 0.3) is 0 Å². The normalized spacial score (nSPS) is 52.1. The van der Waals surface area contributed by atoms with Crippen LogP contribution in [0.15, 0.2) is 24.3 Å². The van der Waals surface area contributed by atoms with Crippen molar-refractivity contribution in [1.29, 1.82) is 0 Å². The van der Waals surface area contributed by atoms with Crippen LogP contribution >= 0.6 is 0 Å². The van der Waals surface area contributed by atoms with Crippen molar-refractivity contribution in [2.75, 3.05) is 0 Å².